The van der Waals surface area contributed by atoms with Crippen molar-refractivity contribution in [2.24, 2.45) is 5.16 Å². The highest BCUT2D eigenvalue weighted by Crippen LogP contribution is 1.81. The second-order valence-corrected chi connectivity index (χ2v) is 1.35. The van der Waals surface area contributed by atoms with Crippen LogP contribution in [0.5, 0.6) is 0 Å². The van der Waals surface area contributed by atoms with E-state index in [2.05, 4.69) is 14.7 Å². The van der Waals surface area contributed by atoms with Gasteiger partial charge in [0.15, 0.2) is 5.71 Å². The molecule has 0 atom stereocenters. The van der Waals surface area contributed by atoms with E-state index in [9.17, 15) is 4.79 Å². The number of esters is 1. The number of hydrogen-bond donors (Lipinski definition) is 0. The van der Waals surface area contributed by atoms with Crippen molar-refractivity contribution in [3.05, 3.63) is 0 Å². The molecule has 4 nitrogen and oxygen atoms in total. The van der Waals surface area contributed by atoms with Crippen LogP contribution < -0.4 is 0 Å². The van der Waals surface area contributed by atoms with Gasteiger partial charge in [0.1, 0.15) is 7.11 Å². The quantitative estimate of drug-likeness (QED) is 0.347. The summed E-state index contributed by atoms with van der Waals surface area (Å²) in [6.07, 6.45) is 0. The van der Waals surface area contributed by atoms with E-state index >= 15 is 0 Å². The smallest absolute Gasteiger partial charge is 0.355 e. The summed E-state index contributed by atoms with van der Waals surface area (Å²) in [5.41, 5.74) is 0.208. The summed E-state index contributed by atoms with van der Waals surface area (Å²) < 4.78 is 4.31. The number of carbonyl (C=O) groups is 1. The molecule has 0 bridgehead atoms. The van der Waals surface area contributed by atoms with Crippen LogP contribution in [0.1, 0.15) is 20.8 Å². The first-order chi connectivity index (χ1) is 5.22. The van der Waals surface area contributed by atoms with Crippen LogP contribution >= 0.6 is 0 Å². The number of methoxy groups -OCH3 is 1. The molecule has 0 aromatic rings. The molecule has 0 aliphatic carbocycles. The van der Waals surface area contributed by atoms with Gasteiger partial charge in [-0.25, -0.2) is 4.79 Å². The Bertz CT molecular complexity index is 132. The SMILES string of the molecule is CC.CO/N=C(\C)C(=O)OC. The van der Waals surface area contributed by atoms with Gasteiger partial charge in [-0.3, -0.25) is 0 Å². The van der Waals surface area contributed by atoms with Gasteiger partial charge in [-0.1, -0.05) is 19.0 Å². The Kier molecular flexibility index (Phi) is 10.2. The lowest BCUT2D eigenvalue weighted by Crippen LogP contribution is -2.11. The number of rotatable bonds is 2. The fourth-order valence-corrected chi connectivity index (χ4v) is 0.322. The average Bonchev–Trinajstić information content (AvgIpc) is 2.07. The average molecular weight is 161 g/mol. The third-order valence-corrected chi connectivity index (χ3v) is 0.709. The lowest BCUT2D eigenvalue weighted by Gasteiger charge is -1.94. The first kappa shape index (κ1) is 12.6. The molecule has 11 heavy (non-hydrogen) atoms. The molecule has 0 aliphatic heterocycles. The highest BCUT2D eigenvalue weighted by molar-refractivity contribution is 6.35. The van der Waals surface area contributed by atoms with Crippen molar-refractivity contribution in [1.82, 2.24) is 0 Å². The molecular formula is C7H15NO3. The van der Waals surface area contributed by atoms with Gasteiger partial charge in [0, 0.05) is 0 Å². The largest absolute Gasteiger partial charge is 0.464 e. The minimum atomic E-state index is -0.475. The summed E-state index contributed by atoms with van der Waals surface area (Å²) >= 11 is 0. The molecule has 0 aromatic heterocycles. The highest BCUT2D eigenvalue weighted by Gasteiger charge is 2.03. The second kappa shape index (κ2) is 8.94. The molecule has 0 heterocycles. The van der Waals surface area contributed by atoms with Gasteiger partial charge in [-0.05, 0) is 6.92 Å². The molecule has 66 valence electrons. The van der Waals surface area contributed by atoms with Gasteiger partial charge in [-0.15, -0.1) is 0 Å². The molecule has 0 aromatic carbocycles. The predicted molar refractivity (Wildman–Crippen MR) is 43.5 cm³/mol. The standard InChI is InChI=1S/C5H9NO3.C2H6/c1-4(6-9-3)5(7)8-2;1-2/h1-3H3;1-2H3/b6-4+;. The fourth-order valence-electron chi connectivity index (χ4n) is 0.322. The Morgan fingerprint density at radius 3 is 2.00 bits per heavy atom. The number of hydrogen-bond acceptors (Lipinski definition) is 4. The van der Waals surface area contributed by atoms with Crippen LogP contribution in [0.3, 0.4) is 0 Å². The summed E-state index contributed by atoms with van der Waals surface area (Å²) in [5, 5.41) is 3.34. The third kappa shape index (κ3) is 6.83. The second-order valence-electron chi connectivity index (χ2n) is 1.35. The molecular weight excluding hydrogens is 146 g/mol. The van der Waals surface area contributed by atoms with Crippen molar-refractivity contribution in [3.63, 3.8) is 0 Å². The predicted octanol–water partition coefficient (Wildman–Crippen LogP) is 1.21. The molecule has 0 saturated carbocycles. The molecule has 0 aliphatic rings. The minimum absolute atomic E-state index is 0.208. The van der Waals surface area contributed by atoms with E-state index in [-0.39, 0.29) is 5.71 Å². The van der Waals surface area contributed by atoms with E-state index in [1.807, 2.05) is 13.8 Å². The summed E-state index contributed by atoms with van der Waals surface area (Å²) in [6.45, 7) is 5.51. The number of oxime groups is 1. The first-order valence-electron chi connectivity index (χ1n) is 3.38. The Balaban J connectivity index is 0. The maximum atomic E-state index is 10.5. The van der Waals surface area contributed by atoms with Crippen LogP contribution in [0, 0.1) is 0 Å². The van der Waals surface area contributed by atoms with E-state index in [0.717, 1.165) is 0 Å². The molecule has 0 unspecified atom stereocenters. The minimum Gasteiger partial charge on any atom is -0.464 e. The van der Waals surface area contributed by atoms with Gasteiger partial charge in [0.05, 0.1) is 7.11 Å². The molecule has 0 spiro atoms. The van der Waals surface area contributed by atoms with E-state index in [1.54, 1.807) is 0 Å². The van der Waals surface area contributed by atoms with Crippen molar-refractivity contribution in [2.75, 3.05) is 14.2 Å². The van der Waals surface area contributed by atoms with E-state index in [4.69, 9.17) is 0 Å². The normalized spacial score (nSPS) is 9.36. The lowest BCUT2D eigenvalue weighted by molar-refractivity contribution is -0.132. The zero-order valence-electron chi connectivity index (χ0n) is 7.67. The molecule has 0 fully saturated rings. The Hall–Kier alpha value is -1.06. The Morgan fingerprint density at radius 1 is 1.27 bits per heavy atom. The molecule has 0 rings (SSSR count). The third-order valence-electron chi connectivity index (χ3n) is 0.709. The van der Waals surface area contributed by atoms with Crippen LogP contribution in [-0.2, 0) is 14.4 Å². The lowest BCUT2D eigenvalue weighted by atomic mass is 10.4. The first-order valence-corrected chi connectivity index (χ1v) is 3.38. The molecule has 0 N–H and O–H groups in total. The molecule has 0 amide bonds. The van der Waals surface area contributed by atoms with Gasteiger partial charge in [0.2, 0.25) is 0 Å². The Labute approximate surface area is 67.2 Å². The van der Waals surface area contributed by atoms with Gasteiger partial charge >= 0.3 is 5.97 Å². The van der Waals surface area contributed by atoms with Crippen LogP contribution in [-0.4, -0.2) is 25.9 Å². The van der Waals surface area contributed by atoms with E-state index in [1.165, 1.54) is 21.1 Å². The molecule has 0 radical (unpaired) electrons. The fraction of sp³-hybridized carbons (Fsp3) is 0.714. The summed E-state index contributed by atoms with van der Waals surface area (Å²) in [7, 11) is 2.66. The zero-order valence-corrected chi connectivity index (χ0v) is 7.67. The van der Waals surface area contributed by atoms with Crippen molar-refractivity contribution < 1.29 is 14.4 Å². The Morgan fingerprint density at radius 2 is 1.73 bits per heavy atom. The zero-order chi connectivity index (χ0) is 9.28. The monoisotopic (exact) mass is 161 g/mol. The van der Waals surface area contributed by atoms with Gasteiger partial charge in [-0.2, -0.15) is 0 Å². The van der Waals surface area contributed by atoms with E-state index < -0.39 is 5.97 Å². The maximum absolute atomic E-state index is 10.5. The van der Waals surface area contributed by atoms with Crippen molar-refractivity contribution in [3.8, 4) is 0 Å². The van der Waals surface area contributed by atoms with Gasteiger partial charge < -0.3 is 9.57 Å². The maximum Gasteiger partial charge on any atom is 0.355 e. The van der Waals surface area contributed by atoms with Crippen LogP contribution in [0.2, 0.25) is 0 Å². The van der Waals surface area contributed by atoms with Crippen molar-refractivity contribution >= 4 is 11.7 Å². The molecule has 0 saturated heterocycles. The molecule has 4 heteroatoms. The van der Waals surface area contributed by atoms with Crippen molar-refractivity contribution in [2.45, 2.75) is 20.8 Å². The van der Waals surface area contributed by atoms with Crippen molar-refractivity contribution in [1.29, 1.82) is 0 Å². The summed E-state index contributed by atoms with van der Waals surface area (Å²) in [4.78, 5) is 14.8. The summed E-state index contributed by atoms with van der Waals surface area (Å²) in [5.74, 6) is -0.475. The van der Waals surface area contributed by atoms with Crippen LogP contribution in [0.25, 0.3) is 0 Å². The topological polar surface area (TPSA) is 47.9 Å². The summed E-state index contributed by atoms with van der Waals surface area (Å²) in [6, 6.07) is 0. The highest BCUT2D eigenvalue weighted by atomic mass is 16.6. The number of carbonyl (C=O) groups excluding carboxylic acids is 1. The number of ether oxygens (including phenoxy) is 1. The van der Waals surface area contributed by atoms with Gasteiger partial charge in [0.25, 0.3) is 0 Å². The van der Waals surface area contributed by atoms with Crippen LogP contribution in [0.15, 0.2) is 5.16 Å². The number of nitrogens with zero attached hydrogens (tertiary/aromatic N) is 1. The van der Waals surface area contributed by atoms with E-state index in [0.29, 0.717) is 0 Å². The van der Waals surface area contributed by atoms with Crippen LogP contribution in [0.4, 0.5) is 0 Å².